The summed E-state index contributed by atoms with van der Waals surface area (Å²) in [5.74, 6) is 0.350. The Bertz CT molecular complexity index is 462. The molecule has 0 aliphatic carbocycles. The Morgan fingerprint density at radius 3 is 2.75 bits per heavy atom. The van der Waals surface area contributed by atoms with Gasteiger partial charge >= 0.3 is 0 Å². The zero-order valence-corrected chi connectivity index (χ0v) is 12.3. The highest BCUT2D eigenvalue weighted by molar-refractivity contribution is 5.78. The first-order valence-electron chi connectivity index (χ1n) is 7.36. The number of carbonyl (C=O) groups is 1. The number of hydrogen-bond donors (Lipinski definition) is 1. The van der Waals surface area contributed by atoms with Crippen LogP contribution in [0.4, 0.5) is 0 Å². The molecular weight excluding hydrogens is 248 g/mol. The molecule has 0 unspecified atom stereocenters. The van der Waals surface area contributed by atoms with Gasteiger partial charge in [0.2, 0.25) is 5.91 Å². The fraction of sp³-hybridized carbons (Fsp3) is 0.471. The number of amides is 1. The van der Waals surface area contributed by atoms with Gasteiger partial charge in [0.05, 0.1) is 0 Å². The van der Waals surface area contributed by atoms with Gasteiger partial charge in [-0.15, -0.1) is 6.58 Å². The van der Waals surface area contributed by atoms with Crippen molar-refractivity contribution in [1.82, 2.24) is 10.2 Å². The minimum atomic E-state index is 0.170. The van der Waals surface area contributed by atoms with Crippen molar-refractivity contribution < 1.29 is 4.79 Å². The molecule has 1 saturated heterocycles. The monoisotopic (exact) mass is 272 g/mol. The third-order valence-electron chi connectivity index (χ3n) is 4.03. The summed E-state index contributed by atoms with van der Waals surface area (Å²) in [4.78, 5) is 14.3. The summed E-state index contributed by atoms with van der Waals surface area (Å²) in [5, 5.41) is 2.90. The number of rotatable bonds is 5. The summed E-state index contributed by atoms with van der Waals surface area (Å²) < 4.78 is 0. The first-order valence-corrected chi connectivity index (χ1v) is 7.36. The van der Waals surface area contributed by atoms with Gasteiger partial charge < -0.3 is 5.32 Å². The van der Waals surface area contributed by atoms with Crippen LogP contribution in [0.5, 0.6) is 0 Å². The fourth-order valence-electron chi connectivity index (χ4n) is 2.70. The summed E-state index contributed by atoms with van der Waals surface area (Å²) in [6.45, 7) is 9.35. The van der Waals surface area contributed by atoms with Crippen LogP contribution in [0.3, 0.4) is 0 Å². The predicted molar refractivity (Wildman–Crippen MR) is 82.4 cm³/mol. The molecule has 0 bridgehead atoms. The van der Waals surface area contributed by atoms with E-state index in [-0.39, 0.29) is 11.8 Å². The van der Waals surface area contributed by atoms with Crippen LogP contribution in [-0.2, 0) is 11.3 Å². The van der Waals surface area contributed by atoms with Crippen LogP contribution in [0, 0.1) is 12.8 Å². The molecule has 1 heterocycles. The van der Waals surface area contributed by atoms with Crippen LogP contribution in [0.2, 0.25) is 0 Å². The van der Waals surface area contributed by atoms with Gasteiger partial charge in [0.15, 0.2) is 0 Å². The van der Waals surface area contributed by atoms with Crippen molar-refractivity contribution >= 4 is 5.91 Å². The van der Waals surface area contributed by atoms with Crippen molar-refractivity contribution in [3.8, 4) is 0 Å². The average molecular weight is 272 g/mol. The number of carbonyl (C=O) groups excluding carboxylic acids is 1. The second kappa shape index (κ2) is 7.25. The molecule has 1 fully saturated rings. The van der Waals surface area contributed by atoms with E-state index in [2.05, 4.69) is 48.0 Å². The van der Waals surface area contributed by atoms with E-state index in [4.69, 9.17) is 0 Å². The molecule has 3 nitrogen and oxygen atoms in total. The van der Waals surface area contributed by atoms with Gasteiger partial charge in [-0.25, -0.2) is 0 Å². The van der Waals surface area contributed by atoms with E-state index in [1.165, 1.54) is 11.1 Å². The van der Waals surface area contributed by atoms with Crippen molar-refractivity contribution in [1.29, 1.82) is 0 Å². The van der Waals surface area contributed by atoms with Gasteiger partial charge in [0, 0.05) is 19.0 Å². The quantitative estimate of drug-likeness (QED) is 0.835. The molecule has 1 aliphatic rings. The number of aryl methyl sites for hydroxylation is 1. The van der Waals surface area contributed by atoms with Gasteiger partial charge in [-0.2, -0.15) is 0 Å². The lowest BCUT2D eigenvalue weighted by Crippen LogP contribution is -2.40. The van der Waals surface area contributed by atoms with Crippen LogP contribution in [-0.4, -0.2) is 30.4 Å². The first-order chi connectivity index (χ1) is 9.70. The van der Waals surface area contributed by atoms with Gasteiger partial charge in [-0.05, 0) is 44.0 Å². The third-order valence-corrected chi connectivity index (χ3v) is 4.03. The summed E-state index contributed by atoms with van der Waals surface area (Å²) in [6.07, 6.45) is 3.63. The molecule has 20 heavy (non-hydrogen) atoms. The molecule has 1 aliphatic heterocycles. The maximum absolute atomic E-state index is 11.9. The topological polar surface area (TPSA) is 32.3 Å². The Morgan fingerprint density at radius 2 is 2.10 bits per heavy atom. The Morgan fingerprint density at radius 1 is 1.40 bits per heavy atom. The van der Waals surface area contributed by atoms with Gasteiger partial charge in [0.25, 0.3) is 0 Å². The summed E-state index contributed by atoms with van der Waals surface area (Å²) in [7, 11) is 0. The fourth-order valence-corrected chi connectivity index (χ4v) is 2.70. The second-order valence-electron chi connectivity index (χ2n) is 5.51. The van der Waals surface area contributed by atoms with E-state index >= 15 is 0 Å². The lowest BCUT2D eigenvalue weighted by molar-refractivity contribution is -0.126. The van der Waals surface area contributed by atoms with E-state index in [9.17, 15) is 4.79 Å². The standard InChI is InChI=1S/C17H24N2O/c1-3-10-18-17(20)15-8-11-19(12-9-15)13-16-7-5-4-6-14(16)2/h3-7,15H,1,8-13H2,2H3,(H,18,20). The SMILES string of the molecule is C=CCNC(=O)C1CCN(Cc2ccccc2C)CC1. The van der Waals surface area contributed by atoms with Crippen LogP contribution in [0.25, 0.3) is 0 Å². The average Bonchev–Trinajstić information content (AvgIpc) is 2.48. The molecule has 0 spiro atoms. The maximum atomic E-state index is 11.9. The molecule has 3 heteroatoms. The Labute approximate surface area is 121 Å². The number of nitrogens with one attached hydrogen (secondary N) is 1. The Balaban J connectivity index is 1.81. The van der Waals surface area contributed by atoms with Gasteiger partial charge in [0.1, 0.15) is 0 Å². The van der Waals surface area contributed by atoms with Crippen molar-refractivity contribution in [2.45, 2.75) is 26.3 Å². The zero-order chi connectivity index (χ0) is 14.4. The van der Waals surface area contributed by atoms with E-state index in [1.54, 1.807) is 6.08 Å². The number of hydrogen-bond acceptors (Lipinski definition) is 2. The molecule has 0 radical (unpaired) electrons. The summed E-state index contributed by atoms with van der Waals surface area (Å²) >= 11 is 0. The molecule has 0 atom stereocenters. The molecule has 0 saturated carbocycles. The highest BCUT2D eigenvalue weighted by atomic mass is 16.1. The van der Waals surface area contributed by atoms with Crippen LogP contribution in [0.1, 0.15) is 24.0 Å². The largest absolute Gasteiger partial charge is 0.352 e. The minimum absolute atomic E-state index is 0.170. The smallest absolute Gasteiger partial charge is 0.223 e. The maximum Gasteiger partial charge on any atom is 0.223 e. The summed E-state index contributed by atoms with van der Waals surface area (Å²) in [6, 6.07) is 8.52. The van der Waals surface area contributed by atoms with E-state index in [0.717, 1.165) is 32.5 Å². The highest BCUT2D eigenvalue weighted by Crippen LogP contribution is 2.20. The molecule has 1 aromatic rings. The molecule has 1 N–H and O–H groups in total. The van der Waals surface area contributed by atoms with Gasteiger partial charge in [-0.3, -0.25) is 9.69 Å². The second-order valence-corrected chi connectivity index (χ2v) is 5.51. The predicted octanol–water partition coefficient (Wildman–Crippen LogP) is 2.51. The van der Waals surface area contributed by atoms with Crippen LogP contribution in [0.15, 0.2) is 36.9 Å². The normalized spacial score (nSPS) is 16.9. The van der Waals surface area contributed by atoms with Crippen molar-refractivity contribution in [2.24, 2.45) is 5.92 Å². The van der Waals surface area contributed by atoms with E-state index in [0.29, 0.717) is 6.54 Å². The summed E-state index contributed by atoms with van der Waals surface area (Å²) in [5.41, 5.74) is 2.74. The van der Waals surface area contributed by atoms with Crippen LogP contribution >= 0.6 is 0 Å². The zero-order valence-electron chi connectivity index (χ0n) is 12.3. The molecular formula is C17H24N2O. The van der Waals surface area contributed by atoms with E-state index in [1.807, 2.05) is 0 Å². The van der Waals surface area contributed by atoms with Crippen molar-refractivity contribution in [2.75, 3.05) is 19.6 Å². The molecule has 2 rings (SSSR count). The molecule has 1 aromatic carbocycles. The molecule has 1 amide bonds. The number of nitrogens with zero attached hydrogens (tertiary/aromatic N) is 1. The minimum Gasteiger partial charge on any atom is -0.352 e. The highest BCUT2D eigenvalue weighted by Gasteiger charge is 2.24. The van der Waals surface area contributed by atoms with Crippen LogP contribution < -0.4 is 5.32 Å². The number of likely N-dealkylation sites (tertiary alicyclic amines) is 1. The lowest BCUT2D eigenvalue weighted by Gasteiger charge is -2.31. The van der Waals surface area contributed by atoms with E-state index < -0.39 is 0 Å². The Kier molecular flexibility index (Phi) is 5.36. The van der Waals surface area contributed by atoms with Crippen molar-refractivity contribution in [3.63, 3.8) is 0 Å². The first kappa shape index (κ1) is 14.8. The number of benzene rings is 1. The molecule has 0 aromatic heterocycles. The lowest BCUT2D eigenvalue weighted by atomic mass is 9.95. The number of piperidine rings is 1. The van der Waals surface area contributed by atoms with Crippen molar-refractivity contribution in [3.05, 3.63) is 48.0 Å². The third kappa shape index (κ3) is 3.94. The Hall–Kier alpha value is -1.61. The van der Waals surface area contributed by atoms with Gasteiger partial charge in [-0.1, -0.05) is 30.3 Å². The molecule has 108 valence electrons.